The molecule has 1 saturated heterocycles. The zero-order valence-corrected chi connectivity index (χ0v) is 11.2. The van der Waals surface area contributed by atoms with Gasteiger partial charge in [0, 0.05) is 19.7 Å². The van der Waals surface area contributed by atoms with Gasteiger partial charge in [0.2, 0.25) is 5.82 Å². The van der Waals surface area contributed by atoms with E-state index >= 15 is 0 Å². The molecule has 2 rings (SSSR count). The summed E-state index contributed by atoms with van der Waals surface area (Å²) in [5, 5.41) is 5.58. The molecule has 1 fully saturated rings. The lowest BCUT2D eigenvalue weighted by Gasteiger charge is -2.13. The van der Waals surface area contributed by atoms with Gasteiger partial charge in [-0.05, 0) is 23.8 Å². The molecule has 1 aliphatic heterocycles. The molecule has 106 valence electrons. The molecule has 4 nitrogen and oxygen atoms in total. The maximum atomic E-state index is 12.6. The lowest BCUT2D eigenvalue weighted by molar-refractivity contribution is -0.144. The number of aromatic nitrogens is 2. The molecule has 1 atom stereocenters. The molecular formula is C11H15F3N4S. The highest BCUT2D eigenvalue weighted by Gasteiger charge is 2.35. The van der Waals surface area contributed by atoms with Crippen LogP contribution in [0.5, 0.6) is 0 Å². The van der Waals surface area contributed by atoms with Gasteiger partial charge in [-0.2, -0.15) is 24.9 Å². The number of hydrogen-bond acceptors (Lipinski definition) is 5. The number of nitrogens with one attached hydrogen (secondary N) is 2. The second-order valence-corrected chi connectivity index (χ2v) is 5.47. The minimum Gasteiger partial charge on any atom is -0.373 e. The highest BCUT2D eigenvalue weighted by Crippen LogP contribution is 2.29. The van der Waals surface area contributed by atoms with Gasteiger partial charge in [0.15, 0.2) is 0 Å². The standard InChI is InChI=1S/C11H15F3N4S/c1-15-8-4-9(16-5-7-2-3-19-6-7)18-10(17-8)11(12,13)14/h4,7H,2-3,5-6H2,1H3,(H2,15,16,17,18). The van der Waals surface area contributed by atoms with Crippen LogP contribution >= 0.6 is 11.8 Å². The van der Waals surface area contributed by atoms with E-state index in [0.29, 0.717) is 12.5 Å². The van der Waals surface area contributed by atoms with E-state index in [1.165, 1.54) is 13.1 Å². The van der Waals surface area contributed by atoms with Gasteiger partial charge in [-0.25, -0.2) is 9.97 Å². The number of thioether (sulfide) groups is 1. The summed E-state index contributed by atoms with van der Waals surface area (Å²) in [5.74, 6) is 1.90. The van der Waals surface area contributed by atoms with Gasteiger partial charge in [-0.15, -0.1) is 0 Å². The van der Waals surface area contributed by atoms with E-state index in [-0.39, 0.29) is 11.6 Å². The fraction of sp³-hybridized carbons (Fsp3) is 0.636. The van der Waals surface area contributed by atoms with Crippen LogP contribution in [0.25, 0.3) is 0 Å². The Morgan fingerprint density at radius 2 is 2.11 bits per heavy atom. The van der Waals surface area contributed by atoms with Crippen molar-refractivity contribution >= 4 is 23.4 Å². The zero-order chi connectivity index (χ0) is 13.9. The second kappa shape index (κ2) is 5.85. The van der Waals surface area contributed by atoms with Gasteiger partial charge in [-0.1, -0.05) is 0 Å². The number of halogens is 3. The summed E-state index contributed by atoms with van der Waals surface area (Å²) in [6.07, 6.45) is -3.44. The van der Waals surface area contributed by atoms with Crippen molar-refractivity contribution in [2.24, 2.45) is 5.92 Å². The number of alkyl halides is 3. The molecule has 0 aliphatic carbocycles. The first-order valence-electron chi connectivity index (χ1n) is 5.94. The van der Waals surface area contributed by atoms with E-state index in [0.717, 1.165) is 17.9 Å². The molecule has 0 aromatic carbocycles. The molecule has 19 heavy (non-hydrogen) atoms. The van der Waals surface area contributed by atoms with Crippen LogP contribution in [0.3, 0.4) is 0 Å². The highest BCUT2D eigenvalue weighted by molar-refractivity contribution is 7.99. The first kappa shape index (κ1) is 14.2. The molecule has 8 heteroatoms. The number of nitrogens with zero attached hydrogens (tertiary/aromatic N) is 2. The molecule has 1 aromatic rings. The van der Waals surface area contributed by atoms with Crippen molar-refractivity contribution in [1.29, 1.82) is 0 Å². The van der Waals surface area contributed by atoms with Gasteiger partial charge >= 0.3 is 6.18 Å². The molecule has 0 radical (unpaired) electrons. The Kier molecular flexibility index (Phi) is 4.38. The minimum atomic E-state index is -4.54. The lowest BCUT2D eigenvalue weighted by Crippen LogP contribution is -2.18. The van der Waals surface area contributed by atoms with Crippen molar-refractivity contribution in [2.75, 3.05) is 35.7 Å². The van der Waals surface area contributed by atoms with Crippen LogP contribution in [0.1, 0.15) is 12.2 Å². The average molecular weight is 292 g/mol. The van der Waals surface area contributed by atoms with Crippen LogP contribution in [-0.2, 0) is 6.18 Å². The van der Waals surface area contributed by atoms with Crippen molar-refractivity contribution < 1.29 is 13.2 Å². The van der Waals surface area contributed by atoms with Crippen LogP contribution in [0.4, 0.5) is 24.8 Å². The minimum absolute atomic E-state index is 0.158. The summed E-state index contributed by atoms with van der Waals surface area (Å²) in [7, 11) is 1.53. The fourth-order valence-electron chi connectivity index (χ4n) is 1.79. The largest absolute Gasteiger partial charge is 0.451 e. The Morgan fingerprint density at radius 1 is 1.37 bits per heavy atom. The van der Waals surface area contributed by atoms with E-state index in [1.807, 2.05) is 11.8 Å². The molecule has 0 amide bonds. The van der Waals surface area contributed by atoms with Crippen LogP contribution in [0.15, 0.2) is 6.07 Å². The van der Waals surface area contributed by atoms with Gasteiger partial charge < -0.3 is 10.6 Å². The predicted octanol–water partition coefficient (Wildman–Crippen LogP) is 2.70. The Labute approximate surface area is 113 Å². The smallest absolute Gasteiger partial charge is 0.373 e. The molecular weight excluding hydrogens is 277 g/mol. The number of anilines is 2. The summed E-state index contributed by atoms with van der Waals surface area (Å²) in [5.41, 5.74) is 0. The third kappa shape index (κ3) is 3.89. The van der Waals surface area contributed by atoms with E-state index in [1.54, 1.807) is 0 Å². The summed E-state index contributed by atoms with van der Waals surface area (Å²) < 4.78 is 37.9. The first-order chi connectivity index (χ1) is 8.99. The van der Waals surface area contributed by atoms with Crippen LogP contribution in [0.2, 0.25) is 0 Å². The van der Waals surface area contributed by atoms with Crippen LogP contribution < -0.4 is 10.6 Å². The lowest BCUT2D eigenvalue weighted by atomic mass is 10.1. The molecule has 0 bridgehead atoms. The average Bonchev–Trinajstić information content (AvgIpc) is 2.88. The Balaban J connectivity index is 2.10. The van der Waals surface area contributed by atoms with Crippen molar-refractivity contribution in [1.82, 2.24) is 9.97 Å². The zero-order valence-electron chi connectivity index (χ0n) is 10.4. The Bertz CT molecular complexity index is 432. The monoisotopic (exact) mass is 292 g/mol. The fourth-order valence-corrected chi connectivity index (χ4v) is 3.07. The highest BCUT2D eigenvalue weighted by atomic mass is 32.2. The normalized spacial score (nSPS) is 19.5. The number of rotatable bonds is 4. The molecule has 0 saturated carbocycles. The van der Waals surface area contributed by atoms with Gasteiger partial charge in [0.1, 0.15) is 11.6 Å². The Morgan fingerprint density at radius 3 is 2.68 bits per heavy atom. The van der Waals surface area contributed by atoms with Crippen molar-refractivity contribution in [2.45, 2.75) is 12.6 Å². The quantitative estimate of drug-likeness (QED) is 0.893. The van der Waals surface area contributed by atoms with E-state index in [2.05, 4.69) is 20.6 Å². The van der Waals surface area contributed by atoms with Gasteiger partial charge in [-0.3, -0.25) is 0 Å². The summed E-state index contributed by atoms with van der Waals surface area (Å²) >= 11 is 1.87. The summed E-state index contributed by atoms with van der Waals surface area (Å²) in [6.45, 7) is 0.643. The first-order valence-corrected chi connectivity index (χ1v) is 7.10. The van der Waals surface area contributed by atoms with Gasteiger partial charge in [0.25, 0.3) is 0 Å². The molecule has 2 heterocycles. The maximum Gasteiger partial charge on any atom is 0.451 e. The third-order valence-corrected chi connectivity index (χ3v) is 4.06. The maximum absolute atomic E-state index is 12.6. The van der Waals surface area contributed by atoms with Crippen molar-refractivity contribution in [3.63, 3.8) is 0 Å². The number of hydrogen-bond donors (Lipinski definition) is 2. The summed E-state index contributed by atoms with van der Waals surface area (Å²) in [6, 6.07) is 1.48. The molecule has 2 N–H and O–H groups in total. The van der Waals surface area contributed by atoms with Crippen molar-refractivity contribution in [3.8, 4) is 0 Å². The van der Waals surface area contributed by atoms with Crippen molar-refractivity contribution in [3.05, 3.63) is 11.9 Å². The predicted molar refractivity (Wildman–Crippen MR) is 70.5 cm³/mol. The van der Waals surface area contributed by atoms with E-state index < -0.39 is 12.0 Å². The Hall–Kier alpha value is -1.18. The van der Waals surface area contributed by atoms with Crippen LogP contribution in [0, 0.1) is 5.92 Å². The molecule has 0 spiro atoms. The SMILES string of the molecule is CNc1cc(NCC2CCSC2)nc(C(F)(F)F)n1. The van der Waals surface area contributed by atoms with E-state index in [4.69, 9.17) is 0 Å². The third-order valence-electron chi connectivity index (χ3n) is 2.83. The summed E-state index contributed by atoms with van der Waals surface area (Å²) in [4.78, 5) is 6.93. The molecule has 1 unspecified atom stereocenters. The topological polar surface area (TPSA) is 49.8 Å². The molecule has 1 aromatic heterocycles. The van der Waals surface area contributed by atoms with E-state index in [9.17, 15) is 13.2 Å². The van der Waals surface area contributed by atoms with Crippen LogP contribution in [-0.4, -0.2) is 35.1 Å². The molecule has 1 aliphatic rings. The second-order valence-electron chi connectivity index (χ2n) is 4.32. The van der Waals surface area contributed by atoms with Gasteiger partial charge in [0.05, 0.1) is 0 Å².